The maximum absolute atomic E-state index is 6.15. The second-order valence-electron chi connectivity index (χ2n) is 4.69. The molecule has 0 aromatic heterocycles. The zero-order chi connectivity index (χ0) is 11.7. The summed E-state index contributed by atoms with van der Waals surface area (Å²) in [5.41, 5.74) is 7.24. The van der Waals surface area contributed by atoms with Gasteiger partial charge in [0.25, 0.3) is 0 Å². The van der Waals surface area contributed by atoms with Crippen molar-refractivity contribution in [1.29, 1.82) is 0 Å². The summed E-state index contributed by atoms with van der Waals surface area (Å²) < 4.78 is 11.0. The average molecular weight is 234 g/mol. The van der Waals surface area contributed by atoms with Crippen LogP contribution in [0, 0.1) is 0 Å². The highest BCUT2D eigenvalue weighted by atomic mass is 16.6. The van der Waals surface area contributed by atoms with Crippen LogP contribution in [0.4, 0.5) is 0 Å². The fraction of sp³-hybridized carbons (Fsp3) is 0.538. The van der Waals surface area contributed by atoms with Crippen LogP contribution in [0.25, 0.3) is 0 Å². The van der Waals surface area contributed by atoms with Crippen molar-refractivity contribution in [1.82, 2.24) is 5.32 Å². The Morgan fingerprint density at radius 1 is 1.24 bits per heavy atom. The molecule has 1 heterocycles. The number of hydrogen-bond acceptors (Lipinski definition) is 4. The van der Waals surface area contributed by atoms with Gasteiger partial charge in [0.15, 0.2) is 11.5 Å². The van der Waals surface area contributed by atoms with Crippen LogP contribution in [-0.2, 0) is 0 Å². The van der Waals surface area contributed by atoms with Crippen LogP contribution < -0.4 is 20.5 Å². The molecule has 1 aromatic carbocycles. The third kappa shape index (κ3) is 2.53. The van der Waals surface area contributed by atoms with Gasteiger partial charge in [-0.05, 0) is 30.5 Å². The van der Waals surface area contributed by atoms with E-state index in [1.807, 2.05) is 18.2 Å². The smallest absolute Gasteiger partial charge is 0.161 e. The number of fused-ring (bicyclic) bond motifs is 1. The van der Waals surface area contributed by atoms with E-state index in [9.17, 15) is 0 Å². The van der Waals surface area contributed by atoms with Gasteiger partial charge in [-0.15, -0.1) is 0 Å². The first kappa shape index (κ1) is 10.9. The second kappa shape index (κ2) is 4.55. The molecule has 0 bridgehead atoms. The van der Waals surface area contributed by atoms with Gasteiger partial charge in [-0.3, -0.25) is 0 Å². The molecule has 0 radical (unpaired) electrons. The van der Waals surface area contributed by atoms with Gasteiger partial charge in [0, 0.05) is 18.6 Å². The Balaban J connectivity index is 1.68. The van der Waals surface area contributed by atoms with E-state index in [-0.39, 0.29) is 6.04 Å². The normalized spacial score (nSPS) is 20.1. The Kier molecular flexibility index (Phi) is 2.91. The molecule has 3 rings (SSSR count). The zero-order valence-electron chi connectivity index (χ0n) is 9.82. The van der Waals surface area contributed by atoms with Crippen molar-refractivity contribution >= 4 is 0 Å². The van der Waals surface area contributed by atoms with Crippen molar-refractivity contribution in [3.63, 3.8) is 0 Å². The fourth-order valence-electron chi connectivity index (χ4n) is 1.99. The molecular formula is C13H18N2O2. The second-order valence-corrected chi connectivity index (χ2v) is 4.69. The molecule has 2 aliphatic rings. The molecule has 1 aliphatic carbocycles. The van der Waals surface area contributed by atoms with Crippen LogP contribution in [0.1, 0.15) is 24.4 Å². The SMILES string of the molecule is NC(CNC1CC1)c1ccc2c(c1)OCCO2. The van der Waals surface area contributed by atoms with E-state index in [1.54, 1.807) is 0 Å². The zero-order valence-corrected chi connectivity index (χ0v) is 9.82. The van der Waals surface area contributed by atoms with Crippen LogP contribution in [0.15, 0.2) is 18.2 Å². The molecule has 0 spiro atoms. The van der Waals surface area contributed by atoms with Gasteiger partial charge in [-0.1, -0.05) is 6.07 Å². The van der Waals surface area contributed by atoms with Crippen LogP contribution in [0.3, 0.4) is 0 Å². The van der Waals surface area contributed by atoms with Crippen LogP contribution in [0.5, 0.6) is 11.5 Å². The first-order valence-electron chi connectivity index (χ1n) is 6.21. The quantitative estimate of drug-likeness (QED) is 0.822. The Hall–Kier alpha value is -1.26. The van der Waals surface area contributed by atoms with E-state index in [2.05, 4.69) is 5.32 Å². The molecule has 17 heavy (non-hydrogen) atoms. The van der Waals surface area contributed by atoms with Crippen LogP contribution >= 0.6 is 0 Å². The summed E-state index contributed by atoms with van der Waals surface area (Å²) in [7, 11) is 0. The van der Waals surface area contributed by atoms with Crippen LogP contribution in [0.2, 0.25) is 0 Å². The van der Waals surface area contributed by atoms with Gasteiger partial charge in [-0.25, -0.2) is 0 Å². The lowest BCUT2D eigenvalue weighted by atomic mass is 10.1. The predicted octanol–water partition coefficient (Wildman–Crippen LogP) is 1.21. The van der Waals surface area contributed by atoms with E-state index in [0.29, 0.717) is 19.3 Å². The van der Waals surface area contributed by atoms with Gasteiger partial charge in [-0.2, -0.15) is 0 Å². The van der Waals surface area contributed by atoms with E-state index in [1.165, 1.54) is 12.8 Å². The molecule has 1 aliphatic heterocycles. The summed E-state index contributed by atoms with van der Waals surface area (Å²) >= 11 is 0. The number of rotatable bonds is 4. The lowest BCUT2D eigenvalue weighted by Gasteiger charge is -2.20. The van der Waals surface area contributed by atoms with Crippen molar-refractivity contribution in [2.24, 2.45) is 5.73 Å². The van der Waals surface area contributed by atoms with Crippen LogP contribution in [-0.4, -0.2) is 25.8 Å². The summed E-state index contributed by atoms with van der Waals surface area (Å²) in [6.07, 6.45) is 2.57. The third-order valence-corrected chi connectivity index (χ3v) is 3.20. The van der Waals surface area contributed by atoms with Crippen molar-refractivity contribution in [2.75, 3.05) is 19.8 Å². The van der Waals surface area contributed by atoms with Crippen molar-refractivity contribution in [2.45, 2.75) is 24.9 Å². The number of nitrogens with one attached hydrogen (secondary N) is 1. The minimum atomic E-state index is 0.0198. The highest BCUT2D eigenvalue weighted by Gasteiger charge is 2.22. The maximum atomic E-state index is 6.15. The van der Waals surface area contributed by atoms with E-state index in [4.69, 9.17) is 15.2 Å². The largest absolute Gasteiger partial charge is 0.486 e. The summed E-state index contributed by atoms with van der Waals surface area (Å²) in [5.74, 6) is 1.64. The fourth-order valence-corrected chi connectivity index (χ4v) is 1.99. The molecule has 4 heteroatoms. The molecule has 0 saturated heterocycles. The molecular weight excluding hydrogens is 216 g/mol. The first-order chi connectivity index (χ1) is 8.33. The summed E-state index contributed by atoms with van der Waals surface area (Å²) in [6.45, 7) is 2.07. The Bertz CT molecular complexity index is 404. The Morgan fingerprint density at radius 2 is 2.00 bits per heavy atom. The highest BCUT2D eigenvalue weighted by molar-refractivity contribution is 5.44. The van der Waals surface area contributed by atoms with Gasteiger partial charge < -0.3 is 20.5 Å². The summed E-state index contributed by atoms with van der Waals surface area (Å²) in [6, 6.07) is 6.67. The van der Waals surface area contributed by atoms with Gasteiger partial charge in [0.05, 0.1) is 0 Å². The first-order valence-corrected chi connectivity index (χ1v) is 6.21. The molecule has 1 saturated carbocycles. The number of hydrogen-bond donors (Lipinski definition) is 2. The molecule has 1 unspecified atom stereocenters. The van der Waals surface area contributed by atoms with Crippen molar-refractivity contribution < 1.29 is 9.47 Å². The molecule has 3 N–H and O–H groups in total. The molecule has 4 nitrogen and oxygen atoms in total. The van der Waals surface area contributed by atoms with E-state index < -0.39 is 0 Å². The third-order valence-electron chi connectivity index (χ3n) is 3.20. The molecule has 1 atom stereocenters. The van der Waals surface area contributed by atoms with Crippen molar-refractivity contribution in [3.05, 3.63) is 23.8 Å². The highest BCUT2D eigenvalue weighted by Crippen LogP contribution is 2.32. The number of benzene rings is 1. The Morgan fingerprint density at radius 3 is 2.76 bits per heavy atom. The minimum Gasteiger partial charge on any atom is -0.486 e. The number of nitrogens with two attached hydrogens (primary N) is 1. The summed E-state index contributed by atoms with van der Waals surface area (Å²) in [5, 5.41) is 3.44. The maximum Gasteiger partial charge on any atom is 0.161 e. The number of ether oxygens (including phenoxy) is 2. The molecule has 1 fully saturated rings. The van der Waals surface area contributed by atoms with Gasteiger partial charge in [0.1, 0.15) is 13.2 Å². The van der Waals surface area contributed by atoms with E-state index in [0.717, 1.165) is 23.6 Å². The standard InChI is InChI=1S/C13H18N2O2/c14-11(8-15-10-2-3-10)9-1-4-12-13(7-9)17-6-5-16-12/h1,4,7,10-11,15H,2-3,5-6,8,14H2. The monoisotopic (exact) mass is 234 g/mol. The van der Waals surface area contributed by atoms with E-state index >= 15 is 0 Å². The Labute approximate surface area is 101 Å². The minimum absolute atomic E-state index is 0.0198. The lowest BCUT2D eigenvalue weighted by molar-refractivity contribution is 0.171. The van der Waals surface area contributed by atoms with Gasteiger partial charge in [0.2, 0.25) is 0 Å². The molecule has 0 amide bonds. The summed E-state index contributed by atoms with van der Waals surface area (Å²) in [4.78, 5) is 0. The average Bonchev–Trinajstić information content (AvgIpc) is 3.19. The molecule has 1 aromatic rings. The topological polar surface area (TPSA) is 56.5 Å². The molecule has 92 valence electrons. The van der Waals surface area contributed by atoms with Gasteiger partial charge >= 0.3 is 0 Å². The lowest BCUT2D eigenvalue weighted by Crippen LogP contribution is -2.28. The van der Waals surface area contributed by atoms with Crippen molar-refractivity contribution in [3.8, 4) is 11.5 Å². The predicted molar refractivity (Wildman–Crippen MR) is 65.4 cm³/mol.